The van der Waals surface area contributed by atoms with E-state index in [4.69, 9.17) is 9.47 Å². The molecule has 1 aliphatic heterocycles. The van der Waals surface area contributed by atoms with E-state index in [9.17, 15) is 13.2 Å². The van der Waals surface area contributed by atoms with Gasteiger partial charge in [0.05, 0.1) is 10.5 Å². The van der Waals surface area contributed by atoms with Crippen molar-refractivity contribution in [2.24, 2.45) is 11.8 Å². The molecule has 0 spiro atoms. The van der Waals surface area contributed by atoms with Crippen molar-refractivity contribution in [3.05, 3.63) is 60.2 Å². The van der Waals surface area contributed by atoms with E-state index in [2.05, 4.69) is 13.8 Å². The first kappa shape index (κ1) is 21.3. The fraction of sp³-hybridized carbons (Fsp3) is 0.409. The Morgan fingerprint density at radius 2 is 1.59 bits per heavy atom. The first-order valence-corrected chi connectivity index (χ1v) is 11.3. The number of para-hydroxylation sites is 1. The Hall–Kier alpha value is -2.38. The molecular formula is C22H27NO5S. The molecule has 1 saturated heterocycles. The van der Waals surface area contributed by atoms with Gasteiger partial charge in [0.2, 0.25) is 10.0 Å². The maximum Gasteiger partial charge on any atom is 0.338 e. The predicted molar refractivity (Wildman–Crippen MR) is 110 cm³/mol. The summed E-state index contributed by atoms with van der Waals surface area (Å²) < 4.78 is 38.0. The third kappa shape index (κ3) is 5.58. The van der Waals surface area contributed by atoms with Crippen molar-refractivity contribution in [3.63, 3.8) is 0 Å². The molecule has 0 radical (unpaired) electrons. The van der Waals surface area contributed by atoms with Crippen molar-refractivity contribution >= 4 is 16.0 Å². The zero-order valence-electron chi connectivity index (χ0n) is 16.8. The van der Waals surface area contributed by atoms with Crippen LogP contribution in [0.2, 0.25) is 0 Å². The van der Waals surface area contributed by atoms with Gasteiger partial charge in [0.15, 0.2) is 0 Å². The minimum absolute atomic E-state index is 0.108. The van der Waals surface area contributed by atoms with Crippen LogP contribution >= 0.6 is 0 Å². The molecule has 0 bridgehead atoms. The van der Waals surface area contributed by atoms with Crippen LogP contribution in [-0.4, -0.2) is 45.0 Å². The van der Waals surface area contributed by atoms with E-state index in [-0.39, 0.29) is 18.1 Å². The number of hydrogen-bond acceptors (Lipinski definition) is 5. The zero-order valence-corrected chi connectivity index (χ0v) is 17.6. The van der Waals surface area contributed by atoms with Crippen molar-refractivity contribution in [1.29, 1.82) is 0 Å². The minimum Gasteiger partial charge on any atom is -0.490 e. The SMILES string of the molecule is C[C@@H]1C[C@@H](C)CN(S(=O)(=O)c2ccc(C(=O)OCCOc3ccccc3)cc2)C1. The van der Waals surface area contributed by atoms with Crippen LogP contribution in [-0.2, 0) is 14.8 Å². The second-order valence-electron chi connectivity index (χ2n) is 7.59. The molecule has 2 atom stereocenters. The summed E-state index contributed by atoms with van der Waals surface area (Å²) in [5.41, 5.74) is 0.309. The molecule has 1 heterocycles. The predicted octanol–water partition coefficient (Wildman–Crippen LogP) is 3.59. The summed E-state index contributed by atoms with van der Waals surface area (Å²) in [6.45, 7) is 5.54. The van der Waals surface area contributed by atoms with E-state index in [1.54, 1.807) is 4.31 Å². The highest BCUT2D eigenvalue weighted by atomic mass is 32.2. The van der Waals surface area contributed by atoms with Gasteiger partial charge in [0.25, 0.3) is 0 Å². The molecule has 2 aromatic carbocycles. The van der Waals surface area contributed by atoms with E-state index in [1.165, 1.54) is 24.3 Å². The molecular weight excluding hydrogens is 390 g/mol. The average molecular weight is 418 g/mol. The van der Waals surface area contributed by atoms with Crippen LogP contribution in [0.4, 0.5) is 0 Å². The van der Waals surface area contributed by atoms with Crippen molar-refractivity contribution in [1.82, 2.24) is 4.31 Å². The summed E-state index contributed by atoms with van der Waals surface area (Å²) in [6, 6.07) is 15.2. The normalized spacial score (nSPS) is 20.2. The van der Waals surface area contributed by atoms with E-state index in [1.807, 2.05) is 30.3 Å². The van der Waals surface area contributed by atoms with Crippen molar-refractivity contribution in [2.75, 3.05) is 26.3 Å². The number of carbonyl (C=O) groups excluding carboxylic acids is 1. The zero-order chi connectivity index (χ0) is 20.9. The molecule has 7 heteroatoms. The van der Waals surface area contributed by atoms with Crippen LogP contribution in [0.5, 0.6) is 5.75 Å². The highest BCUT2D eigenvalue weighted by Crippen LogP contribution is 2.26. The van der Waals surface area contributed by atoms with Gasteiger partial charge in [-0.3, -0.25) is 0 Å². The summed E-state index contributed by atoms with van der Waals surface area (Å²) in [5, 5.41) is 0. The van der Waals surface area contributed by atoms with Gasteiger partial charge < -0.3 is 9.47 Å². The van der Waals surface area contributed by atoms with Crippen LogP contribution in [0.15, 0.2) is 59.5 Å². The molecule has 0 aromatic heterocycles. The van der Waals surface area contributed by atoms with Gasteiger partial charge in [-0.25, -0.2) is 13.2 Å². The smallest absolute Gasteiger partial charge is 0.338 e. The van der Waals surface area contributed by atoms with Gasteiger partial charge >= 0.3 is 5.97 Å². The number of sulfonamides is 1. The molecule has 1 fully saturated rings. The first-order chi connectivity index (χ1) is 13.9. The fourth-order valence-electron chi connectivity index (χ4n) is 3.61. The van der Waals surface area contributed by atoms with Gasteiger partial charge in [0.1, 0.15) is 19.0 Å². The Kier molecular flexibility index (Phi) is 6.92. The molecule has 156 valence electrons. The van der Waals surface area contributed by atoms with Gasteiger partial charge in [-0.05, 0) is 54.7 Å². The number of carbonyl (C=O) groups is 1. The Bertz CT molecular complexity index is 902. The van der Waals surface area contributed by atoms with Crippen LogP contribution in [0.25, 0.3) is 0 Å². The molecule has 0 amide bonds. The number of esters is 1. The van der Waals surface area contributed by atoms with Crippen molar-refractivity contribution in [3.8, 4) is 5.75 Å². The lowest BCUT2D eigenvalue weighted by Crippen LogP contribution is -2.42. The lowest BCUT2D eigenvalue weighted by atomic mass is 9.94. The monoisotopic (exact) mass is 417 g/mol. The molecule has 29 heavy (non-hydrogen) atoms. The Morgan fingerprint density at radius 3 is 2.21 bits per heavy atom. The van der Waals surface area contributed by atoms with Crippen molar-refractivity contribution in [2.45, 2.75) is 25.2 Å². The van der Waals surface area contributed by atoms with Crippen LogP contribution in [0.1, 0.15) is 30.6 Å². The van der Waals surface area contributed by atoms with E-state index in [0.29, 0.717) is 36.2 Å². The highest BCUT2D eigenvalue weighted by molar-refractivity contribution is 7.89. The number of piperidine rings is 1. The van der Waals surface area contributed by atoms with Gasteiger partial charge in [-0.1, -0.05) is 32.0 Å². The van der Waals surface area contributed by atoms with E-state index in [0.717, 1.165) is 6.42 Å². The largest absolute Gasteiger partial charge is 0.490 e. The number of hydrogen-bond donors (Lipinski definition) is 0. The standard InChI is InChI=1S/C22H27NO5S/c1-17-14-18(2)16-23(15-17)29(25,26)21-10-8-19(9-11-21)22(24)28-13-12-27-20-6-4-3-5-7-20/h3-11,17-18H,12-16H2,1-2H3/t17-,18-/m1/s1. The highest BCUT2D eigenvalue weighted by Gasteiger charge is 2.31. The van der Waals surface area contributed by atoms with Crippen LogP contribution in [0.3, 0.4) is 0 Å². The number of nitrogens with zero attached hydrogens (tertiary/aromatic N) is 1. The maximum atomic E-state index is 12.9. The Labute approximate surface area is 172 Å². The van der Waals surface area contributed by atoms with Crippen molar-refractivity contribution < 1.29 is 22.7 Å². The molecule has 0 aliphatic carbocycles. The van der Waals surface area contributed by atoms with E-state index < -0.39 is 16.0 Å². The summed E-state index contributed by atoms with van der Waals surface area (Å²) in [7, 11) is -3.56. The molecule has 0 unspecified atom stereocenters. The molecule has 0 saturated carbocycles. The lowest BCUT2D eigenvalue weighted by Gasteiger charge is -2.34. The molecule has 1 aliphatic rings. The summed E-state index contributed by atoms with van der Waals surface area (Å²) in [5.74, 6) is 0.868. The van der Waals surface area contributed by atoms with Gasteiger partial charge in [-0.15, -0.1) is 0 Å². The summed E-state index contributed by atoms with van der Waals surface area (Å²) in [4.78, 5) is 12.4. The summed E-state index contributed by atoms with van der Waals surface area (Å²) >= 11 is 0. The minimum atomic E-state index is -3.56. The molecule has 0 N–H and O–H groups in total. The van der Waals surface area contributed by atoms with Crippen LogP contribution < -0.4 is 4.74 Å². The number of rotatable bonds is 7. The van der Waals surface area contributed by atoms with Crippen LogP contribution in [0, 0.1) is 11.8 Å². The Morgan fingerprint density at radius 1 is 0.966 bits per heavy atom. The second kappa shape index (κ2) is 9.41. The van der Waals surface area contributed by atoms with Gasteiger partial charge in [0, 0.05) is 13.1 Å². The first-order valence-electron chi connectivity index (χ1n) is 9.81. The van der Waals surface area contributed by atoms with E-state index >= 15 is 0 Å². The lowest BCUT2D eigenvalue weighted by molar-refractivity contribution is 0.0450. The number of benzene rings is 2. The summed E-state index contributed by atoms with van der Waals surface area (Å²) in [6.07, 6.45) is 1.03. The third-order valence-corrected chi connectivity index (χ3v) is 6.74. The maximum absolute atomic E-state index is 12.9. The fourth-order valence-corrected chi connectivity index (χ4v) is 5.29. The molecule has 2 aromatic rings. The van der Waals surface area contributed by atoms with Gasteiger partial charge in [-0.2, -0.15) is 4.31 Å². The third-order valence-electron chi connectivity index (χ3n) is 4.89. The molecule has 3 rings (SSSR count). The quantitative estimate of drug-likeness (QED) is 0.508. The second-order valence-corrected chi connectivity index (χ2v) is 9.53. The number of ether oxygens (including phenoxy) is 2. The molecule has 6 nitrogen and oxygen atoms in total. The average Bonchev–Trinajstić information content (AvgIpc) is 2.71. The Balaban J connectivity index is 1.55. The topological polar surface area (TPSA) is 72.9 Å².